The van der Waals surface area contributed by atoms with E-state index in [1.54, 1.807) is 17.7 Å². The molecule has 3 rings (SSSR count). The number of hydrogen-bond donors (Lipinski definition) is 1. The predicted octanol–water partition coefficient (Wildman–Crippen LogP) is 3.53. The molecule has 0 unspecified atom stereocenters. The molecule has 0 saturated carbocycles. The molecule has 1 aliphatic heterocycles. The van der Waals surface area contributed by atoms with Crippen molar-refractivity contribution in [3.05, 3.63) is 45.5 Å². The highest BCUT2D eigenvalue weighted by Gasteiger charge is 2.32. The SMILES string of the molecule is COCCCOc1cc2c(cc1OC)-c1c(F)c(=O)c(C(=O)O)cn1[C@H](C(C)C)C2. The molecule has 1 aliphatic rings. The largest absolute Gasteiger partial charge is 0.493 e. The first-order valence-corrected chi connectivity index (χ1v) is 9.81. The van der Waals surface area contributed by atoms with Gasteiger partial charge in [-0.05, 0) is 30.0 Å². The van der Waals surface area contributed by atoms with E-state index in [0.29, 0.717) is 43.1 Å². The third-order valence-corrected chi connectivity index (χ3v) is 5.36. The van der Waals surface area contributed by atoms with Crippen molar-refractivity contribution in [3.8, 4) is 22.8 Å². The summed E-state index contributed by atoms with van der Waals surface area (Å²) in [5.41, 5.74) is -0.301. The quantitative estimate of drug-likeness (QED) is 0.659. The van der Waals surface area contributed by atoms with Crippen LogP contribution in [0.4, 0.5) is 4.39 Å². The van der Waals surface area contributed by atoms with Crippen LogP contribution in [0.25, 0.3) is 11.3 Å². The van der Waals surface area contributed by atoms with Crippen LogP contribution in [-0.2, 0) is 11.2 Å². The van der Waals surface area contributed by atoms with E-state index in [-0.39, 0.29) is 17.7 Å². The van der Waals surface area contributed by atoms with Gasteiger partial charge in [-0.2, -0.15) is 0 Å². The maximum atomic E-state index is 15.2. The molecule has 8 heteroatoms. The Kier molecular flexibility index (Phi) is 6.45. The van der Waals surface area contributed by atoms with Gasteiger partial charge in [-0.25, -0.2) is 9.18 Å². The molecule has 0 saturated heterocycles. The molecular formula is C22H26FNO6. The standard InChI is InChI=1S/C22H26FNO6/c1-12(2)16-8-13-9-18(30-7-5-6-28-3)17(29-4)10-14(13)20-19(23)21(25)15(22(26)27)11-24(16)20/h9-12,16H,5-8H2,1-4H3,(H,26,27)/t16-/m0/s1. The monoisotopic (exact) mass is 419 g/mol. The lowest BCUT2D eigenvalue weighted by Gasteiger charge is -2.34. The smallest absolute Gasteiger partial charge is 0.341 e. The van der Waals surface area contributed by atoms with Gasteiger partial charge in [0.25, 0.3) is 0 Å². The van der Waals surface area contributed by atoms with Gasteiger partial charge in [0.1, 0.15) is 5.56 Å². The number of rotatable bonds is 8. The topological polar surface area (TPSA) is 87.0 Å². The Morgan fingerprint density at radius 1 is 1.27 bits per heavy atom. The number of halogens is 1. The number of ether oxygens (including phenoxy) is 3. The van der Waals surface area contributed by atoms with E-state index in [1.165, 1.54) is 13.3 Å². The minimum Gasteiger partial charge on any atom is -0.493 e. The van der Waals surface area contributed by atoms with Crippen LogP contribution >= 0.6 is 0 Å². The van der Waals surface area contributed by atoms with Crippen molar-refractivity contribution in [2.24, 2.45) is 5.92 Å². The second-order valence-electron chi connectivity index (χ2n) is 7.62. The molecule has 162 valence electrons. The predicted molar refractivity (Wildman–Crippen MR) is 109 cm³/mol. The number of fused-ring (bicyclic) bond motifs is 3. The summed E-state index contributed by atoms with van der Waals surface area (Å²) in [6.07, 6.45) is 2.49. The molecule has 2 heterocycles. The van der Waals surface area contributed by atoms with E-state index >= 15 is 4.39 Å². The van der Waals surface area contributed by atoms with Crippen molar-refractivity contribution in [1.82, 2.24) is 4.57 Å². The van der Waals surface area contributed by atoms with E-state index in [4.69, 9.17) is 14.2 Å². The summed E-state index contributed by atoms with van der Waals surface area (Å²) in [4.78, 5) is 23.8. The zero-order valence-corrected chi connectivity index (χ0v) is 17.5. The number of pyridine rings is 1. The molecule has 2 aromatic rings. The van der Waals surface area contributed by atoms with Gasteiger partial charge in [-0.3, -0.25) is 4.79 Å². The van der Waals surface area contributed by atoms with Gasteiger partial charge < -0.3 is 23.9 Å². The summed E-state index contributed by atoms with van der Waals surface area (Å²) in [5.74, 6) is -1.49. The molecule has 1 aromatic carbocycles. The Morgan fingerprint density at radius 3 is 2.60 bits per heavy atom. The lowest BCUT2D eigenvalue weighted by atomic mass is 9.87. The van der Waals surface area contributed by atoms with Crippen LogP contribution in [0.15, 0.2) is 23.1 Å². The highest BCUT2D eigenvalue weighted by atomic mass is 19.1. The normalized spacial score (nSPS) is 14.9. The first-order chi connectivity index (χ1) is 14.3. The third kappa shape index (κ3) is 3.92. The van der Waals surface area contributed by atoms with Crippen LogP contribution in [0.3, 0.4) is 0 Å². The van der Waals surface area contributed by atoms with E-state index in [0.717, 1.165) is 5.56 Å². The number of carboxylic acids is 1. The van der Waals surface area contributed by atoms with Crippen LogP contribution in [0.1, 0.15) is 42.2 Å². The summed E-state index contributed by atoms with van der Waals surface area (Å²) in [6, 6.07) is 3.25. The fourth-order valence-corrected chi connectivity index (χ4v) is 3.80. The van der Waals surface area contributed by atoms with E-state index in [1.807, 2.05) is 19.9 Å². The summed E-state index contributed by atoms with van der Waals surface area (Å²) in [6.45, 7) is 4.95. The zero-order valence-electron chi connectivity index (χ0n) is 17.5. The molecule has 0 spiro atoms. The Labute approximate surface area is 174 Å². The summed E-state index contributed by atoms with van der Waals surface area (Å²) in [7, 11) is 3.11. The summed E-state index contributed by atoms with van der Waals surface area (Å²) in [5, 5.41) is 9.33. The van der Waals surface area contributed by atoms with Gasteiger partial charge >= 0.3 is 5.97 Å². The average molecular weight is 419 g/mol. The fraction of sp³-hybridized carbons (Fsp3) is 0.455. The van der Waals surface area contributed by atoms with Gasteiger partial charge in [-0.15, -0.1) is 0 Å². The lowest BCUT2D eigenvalue weighted by molar-refractivity contribution is 0.0693. The van der Waals surface area contributed by atoms with Crippen LogP contribution < -0.4 is 14.9 Å². The first kappa shape index (κ1) is 21.8. The molecule has 0 amide bonds. The van der Waals surface area contributed by atoms with Crippen LogP contribution in [0, 0.1) is 11.7 Å². The Hall–Kier alpha value is -2.87. The van der Waals surface area contributed by atoms with Crippen molar-refractivity contribution >= 4 is 5.97 Å². The Bertz CT molecular complexity index is 1010. The van der Waals surface area contributed by atoms with Gasteiger partial charge in [-0.1, -0.05) is 13.8 Å². The summed E-state index contributed by atoms with van der Waals surface area (Å²) >= 11 is 0. The lowest BCUT2D eigenvalue weighted by Crippen LogP contribution is -2.30. The van der Waals surface area contributed by atoms with Crippen molar-refractivity contribution in [3.63, 3.8) is 0 Å². The Balaban J connectivity index is 2.17. The highest BCUT2D eigenvalue weighted by molar-refractivity contribution is 5.88. The van der Waals surface area contributed by atoms with Crippen LogP contribution in [0.5, 0.6) is 11.5 Å². The highest BCUT2D eigenvalue weighted by Crippen LogP contribution is 2.43. The van der Waals surface area contributed by atoms with Crippen LogP contribution in [0.2, 0.25) is 0 Å². The maximum Gasteiger partial charge on any atom is 0.341 e. The fourth-order valence-electron chi connectivity index (χ4n) is 3.80. The minimum atomic E-state index is -1.44. The minimum absolute atomic E-state index is 0.0774. The van der Waals surface area contributed by atoms with E-state index in [9.17, 15) is 14.7 Å². The number of aromatic carboxylic acids is 1. The van der Waals surface area contributed by atoms with Gasteiger partial charge in [0, 0.05) is 37.9 Å². The second-order valence-corrected chi connectivity index (χ2v) is 7.62. The van der Waals surface area contributed by atoms with Crippen molar-refractivity contribution in [2.45, 2.75) is 32.7 Å². The molecule has 0 bridgehead atoms. The summed E-state index contributed by atoms with van der Waals surface area (Å²) < 4.78 is 33.0. The molecule has 1 atom stereocenters. The molecule has 0 radical (unpaired) electrons. The van der Waals surface area contributed by atoms with E-state index < -0.39 is 22.8 Å². The van der Waals surface area contributed by atoms with Gasteiger partial charge in [0.05, 0.1) is 19.4 Å². The van der Waals surface area contributed by atoms with Crippen molar-refractivity contribution < 1.29 is 28.5 Å². The average Bonchev–Trinajstić information content (AvgIpc) is 2.71. The molecule has 0 fully saturated rings. The first-order valence-electron chi connectivity index (χ1n) is 9.81. The number of benzene rings is 1. The second kappa shape index (κ2) is 8.87. The van der Waals surface area contributed by atoms with E-state index in [2.05, 4.69) is 0 Å². The Morgan fingerprint density at radius 2 is 2.00 bits per heavy atom. The molecular weight excluding hydrogens is 393 g/mol. The number of aromatic nitrogens is 1. The molecule has 7 nitrogen and oxygen atoms in total. The molecule has 30 heavy (non-hydrogen) atoms. The van der Waals surface area contributed by atoms with Crippen LogP contribution in [-0.4, -0.2) is 43.1 Å². The molecule has 0 aliphatic carbocycles. The maximum absolute atomic E-state index is 15.2. The molecule has 1 N–H and O–H groups in total. The van der Waals surface area contributed by atoms with Crippen molar-refractivity contribution in [2.75, 3.05) is 27.4 Å². The number of carbonyl (C=O) groups is 1. The van der Waals surface area contributed by atoms with Gasteiger partial charge in [0.15, 0.2) is 17.3 Å². The van der Waals surface area contributed by atoms with Crippen molar-refractivity contribution in [1.29, 1.82) is 0 Å². The number of carboxylic acid groups (broad SMARTS) is 1. The number of nitrogens with zero attached hydrogens (tertiary/aromatic N) is 1. The zero-order chi connectivity index (χ0) is 22.0. The molecule has 1 aromatic heterocycles. The number of hydrogen-bond acceptors (Lipinski definition) is 5. The third-order valence-electron chi connectivity index (χ3n) is 5.36. The number of methoxy groups -OCH3 is 2. The van der Waals surface area contributed by atoms with Gasteiger partial charge in [0.2, 0.25) is 5.43 Å².